The lowest BCUT2D eigenvalue weighted by atomic mass is 9.78. The van der Waals surface area contributed by atoms with E-state index in [9.17, 15) is 15.3 Å². The average Bonchev–Trinajstić information content (AvgIpc) is 3.20. The molecule has 0 saturated carbocycles. The van der Waals surface area contributed by atoms with E-state index < -0.39 is 12.2 Å². The molecule has 0 bridgehead atoms. The first-order valence-corrected chi connectivity index (χ1v) is 12.9. The molecule has 190 valence electrons. The first-order valence-electron chi connectivity index (χ1n) is 10.9. The number of aliphatic hydroxyl groups is 3. The Morgan fingerprint density at radius 1 is 1.03 bits per heavy atom. The van der Waals surface area contributed by atoms with E-state index in [0.717, 1.165) is 11.1 Å². The molecule has 3 N–H and O–H groups in total. The second-order valence-corrected chi connectivity index (χ2v) is 10.3. The Morgan fingerprint density at radius 3 is 2.31 bits per heavy atom. The van der Waals surface area contributed by atoms with Crippen LogP contribution >= 0.6 is 45.8 Å². The molecule has 8 nitrogen and oxygen atoms in total. The molecule has 0 fully saturated rings. The molecule has 3 rings (SSSR count). The smallest absolute Gasteiger partial charge is 0.149 e. The van der Waals surface area contributed by atoms with Gasteiger partial charge in [0.1, 0.15) is 40.6 Å². The van der Waals surface area contributed by atoms with E-state index in [1.165, 1.54) is 4.68 Å². The van der Waals surface area contributed by atoms with Crippen LogP contribution in [0.25, 0.3) is 0 Å². The average molecular weight is 636 g/mol. The zero-order chi connectivity index (χ0) is 25.6. The number of hydrogen-bond acceptors (Lipinski definition) is 7. The van der Waals surface area contributed by atoms with Crippen LogP contribution in [0.4, 0.5) is 0 Å². The highest BCUT2D eigenvalue weighted by Crippen LogP contribution is 2.36. The lowest BCUT2D eigenvalue weighted by Gasteiger charge is -2.27. The van der Waals surface area contributed by atoms with Crippen LogP contribution in [-0.2, 0) is 18.6 Å². The molecular weight excluding hydrogens is 608 g/mol. The Balaban J connectivity index is 1.61. The first-order chi connectivity index (χ1) is 16.6. The Labute approximate surface area is 227 Å². The topological polar surface area (TPSA) is 110 Å². The quantitative estimate of drug-likeness (QED) is 0.205. The van der Waals surface area contributed by atoms with Crippen molar-refractivity contribution in [2.24, 2.45) is 0 Å². The molecule has 0 amide bonds. The molecule has 1 aromatic heterocycles. The van der Waals surface area contributed by atoms with E-state index in [-0.39, 0.29) is 37.7 Å². The SMILES string of the molecule is CC(C)(c1ccc(OC[C@H](O)Cn2nnc(I)c2CO)cc1)c1ccc(OCC(O)CCl)c(Cl)c1. The van der Waals surface area contributed by atoms with Crippen molar-refractivity contribution >= 4 is 45.8 Å². The van der Waals surface area contributed by atoms with Gasteiger partial charge in [0.2, 0.25) is 0 Å². The van der Waals surface area contributed by atoms with Gasteiger partial charge in [-0.1, -0.05) is 48.9 Å². The summed E-state index contributed by atoms with van der Waals surface area (Å²) in [5.74, 6) is 1.20. The van der Waals surface area contributed by atoms with Gasteiger partial charge in [-0.3, -0.25) is 0 Å². The summed E-state index contributed by atoms with van der Waals surface area (Å²) in [4.78, 5) is 0. The fraction of sp³-hybridized carbons (Fsp3) is 0.417. The number of rotatable bonds is 12. The molecule has 0 saturated heterocycles. The van der Waals surface area contributed by atoms with Crippen molar-refractivity contribution < 1.29 is 24.8 Å². The number of aliphatic hydroxyl groups excluding tert-OH is 3. The molecule has 3 aromatic rings. The van der Waals surface area contributed by atoms with Crippen molar-refractivity contribution in [2.75, 3.05) is 19.1 Å². The summed E-state index contributed by atoms with van der Waals surface area (Å²) in [5, 5.41) is 37.6. The summed E-state index contributed by atoms with van der Waals surface area (Å²) in [7, 11) is 0. The fourth-order valence-electron chi connectivity index (χ4n) is 3.42. The predicted octanol–water partition coefficient (Wildman–Crippen LogP) is 3.77. The summed E-state index contributed by atoms with van der Waals surface area (Å²) in [6, 6.07) is 13.2. The zero-order valence-electron chi connectivity index (χ0n) is 19.4. The van der Waals surface area contributed by atoms with E-state index in [4.69, 9.17) is 32.7 Å². The van der Waals surface area contributed by atoms with Crippen LogP contribution in [-0.4, -0.2) is 61.6 Å². The van der Waals surface area contributed by atoms with Gasteiger partial charge in [-0.2, -0.15) is 0 Å². The van der Waals surface area contributed by atoms with Crippen molar-refractivity contribution in [1.29, 1.82) is 0 Å². The van der Waals surface area contributed by atoms with Crippen molar-refractivity contribution in [3.05, 3.63) is 68.0 Å². The number of ether oxygens (including phenoxy) is 2. The van der Waals surface area contributed by atoms with E-state index in [0.29, 0.717) is 25.9 Å². The Hall–Kier alpha value is -1.63. The van der Waals surface area contributed by atoms with Gasteiger partial charge in [0.15, 0.2) is 0 Å². The minimum absolute atomic E-state index is 0.0690. The summed E-state index contributed by atoms with van der Waals surface area (Å²) in [6.07, 6.45) is -1.57. The molecule has 0 aliphatic carbocycles. The van der Waals surface area contributed by atoms with Crippen LogP contribution in [0.15, 0.2) is 42.5 Å². The van der Waals surface area contributed by atoms with Gasteiger partial charge in [0.05, 0.1) is 29.7 Å². The van der Waals surface area contributed by atoms with Gasteiger partial charge in [0.25, 0.3) is 0 Å². The monoisotopic (exact) mass is 635 g/mol. The van der Waals surface area contributed by atoms with Gasteiger partial charge >= 0.3 is 0 Å². The second-order valence-electron chi connectivity index (χ2n) is 8.55. The molecule has 0 spiro atoms. The Kier molecular flexibility index (Phi) is 10.0. The Morgan fingerprint density at radius 2 is 1.69 bits per heavy atom. The maximum atomic E-state index is 10.3. The Bertz CT molecular complexity index is 1110. The maximum Gasteiger partial charge on any atom is 0.149 e. The van der Waals surface area contributed by atoms with Gasteiger partial charge < -0.3 is 24.8 Å². The number of alkyl halides is 1. The molecule has 2 atom stereocenters. The molecule has 11 heteroatoms. The lowest BCUT2D eigenvalue weighted by Crippen LogP contribution is -2.25. The third-order valence-corrected chi connectivity index (χ3v) is 7.09. The zero-order valence-corrected chi connectivity index (χ0v) is 23.0. The molecule has 35 heavy (non-hydrogen) atoms. The van der Waals surface area contributed by atoms with Crippen LogP contribution < -0.4 is 9.47 Å². The van der Waals surface area contributed by atoms with E-state index in [1.807, 2.05) is 59.0 Å². The summed E-state index contributed by atoms with van der Waals surface area (Å²) >= 11 is 14.0. The molecule has 0 aliphatic rings. The van der Waals surface area contributed by atoms with Crippen molar-refractivity contribution in [3.63, 3.8) is 0 Å². The van der Waals surface area contributed by atoms with E-state index in [2.05, 4.69) is 24.2 Å². The van der Waals surface area contributed by atoms with Gasteiger partial charge in [-0.05, 0) is 58.0 Å². The van der Waals surface area contributed by atoms with Crippen LogP contribution in [0.3, 0.4) is 0 Å². The molecular formula is C24H28Cl2IN3O5. The van der Waals surface area contributed by atoms with Crippen LogP contribution in [0.5, 0.6) is 11.5 Å². The number of nitrogens with zero attached hydrogens (tertiary/aromatic N) is 3. The standard InChI is InChI=1S/C24H28Cl2IN3O5/c1-24(2,16-5-8-22(20(26)9-16)35-13-17(32)10-25)15-3-6-19(7-4-15)34-14-18(33)11-30-21(12-31)23(27)28-29-30/h3-9,17-18,31-33H,10-14H2,1-2H3/t17?,18-/m1/s1. The van der Waals surface area contributed by atoms with E-state index in [1.54, 1.807) is 6.07 Å². The normalized spacial score (nSPS) is 13.5. The van der Waals surface area contributed by atoms with Crippen LogP contribution in [0, 0.1) is 3.70 Å². The molecule has 0 aliphatic heterocycles. The molecule has 0 radical (unpaired) electrons. The third-order valence-electron chi connectivity index (χ3n) is 5.60. The minimum Gasteiger partial charge on any atom is -0.491 e. The van der Waals surface area contributed by atoms with Crippen LogP contribution in [0.1, 0.15) is 30.7 Å². The largest absolute Gasteiger partial charge is 0.491 e. The van der Waals surface area contributed by atoms with Crippen molar-refractivity contribution in [1.82, 2.24) is 15.0 Å². The van der Waals surface area contributed by atoms with Crippen molar-refractivity contribution in [3.8, 4) is 11.5 Å². The van der Waals surface area contributed by atoms with Crippen molar-refractivity contribution in [2.45, 2.75) is 44.6 Å². The van der Waals surface area contributed by atoms with Gasteiger partial charge in [0, 0.05) is 5.41 Å². The highest BCUT2D eigenvalue weighted by atomic mass is 127. The summed E-state index contributed by atoms with van der Waals surface area (Å²) < 4.78 is 13.4. The maximum absolute atomic E-state index is 10.3. The summed E-state index contributed by atoms with van der Waals surface area (Å²) in [6.45, 7) is 4.29. The lowest BCUT2D eigenvalue weighted by molar-refractivity contribution is 0.0866. The van der Waals surface area contributed by atoms with Gasteiger partial charge in [-0.15, -0.1) is 16.7 Å². The molecule has 1 heterocycles. The third kappa shape index (κ3) is 7.21. The number of aromatic nitrogens is 3. The van der Waals surface area contributed by atoms with Crippen LogP contribution in [0.2, 0.25) is 5.02 Å². The number of benzene rings is 2. The minimum atomic E-state index is -0.817. The highest BCUT2D eigenvalue weighted by Gasteiger charge is 2.24. The van der Waals surface area contributed by atoms with Gasteiger partial charge in [-0.25, -0.2) is 4.68 Å². The fourth-order valence-corrected chi connectivity index (χ4v) is 4.29. The first kappa shape index (κ1) is 27.9. The number of hydrogen-bond donors (Lipinski definition) is 3. The van der Waals surface area contributed by atoms with E-state index >= 15 is 0 Å². The number of halogens is 3. The predicted molar refractivity (Wildman–Crippen MR) is 142 cm³/mol. The molecule has 1 unspecified atom stereocenters. The molecule has 2 aromatic carbocycles. The second kappa shape index (κ2) is 12.6. The highest BCUT2D eigenvalue weighted by molar-refractivity contribution is 14.1. The summed E-state index contributed by atoms with van der Waals surface area (Å²) in [5.41, 5.74) is 2.26.